The molecule has 124 valence electrons. The summed E-state index contributed by atoms with van der Waals surface area (Å²) in [6.45, 7) is 1.48. The number of hydrogen-bond donors (Lipinski definition) is 2. The SMILES string of the molecule is CC(=O)c1ccc(C(=O)Nc2nc(Cc3n[nH]c(=S)n3C)cs2)s1. The van der Waals surface area contributed by atoms with Gasteiger partial charge in [0.2, 0.25) is 0 Å². The van der Waals surface area contributed by atoms with Crippen molar-refractivity contribution in [2.24, 2.45) is 7.05 Å². The number of aromatic amines is 1. The number of thiazole rings is 1. The Balaban J connectivity index is 1.69. The van der Waals surface area contributed by atoms with E-state index >= 15 is 0 Å². The summed E-state index contributed by atoms with van der Waals surface area (Å²) in [5.41, 5.74) is 0.794. The molecule has 2 N–H and O–H groups in total. The maximum Gasteiger partial charge on any atom is 0.267 e. The number of rotatable bonds is 5. The molecule has 7 nitrogen and oxygen atoms in total. The van der Waals surface area contributed by atoms with Crippen molar-refractivity contribution in [1.29, 1.82) is 0 Å². The highest BCUT2D eigenvalue weighted by Crippen LogP contribution is 2.21. The number of anilines is 1. The first-order valence-electron chi connectivity index (χ1n) is 6.91. The average Bonchev–Trinajstić information content (AvgIpc) is 3.25. The van der Waals surface area contributed by atoms with Crippen LogP contribution in [0.4, 0.5) is 5.13 Å². The molecule has 3 aromatic rings. The molecule has 0 spiro atoms. The Hall–Kier alpha value is -2.17. The van der Waals surface area contributed by atoms with Crippen molar-refractivity contribution >= 4 is 51.7 Å². The molecule has 0 saturated carbocycles. The summed E-state index contributed by atoms with van der Waals surface area (Å²) in [6.07, 6.45) is 0.517. The Labute approximate surface area is 150 Å². The summed E-state index contributed by atoms with van der Waals surface area (Å²) in [7, 11) is 1.83. The first-order chi connectivity index (χ1) is 11.4. The van der Waals surface area contributed by atoms with Gasteiger partial charge >= 0.3 is 0 Å². The lowest BCUT2D eigenvalue weighted by atomic mass is 10.3. The summed E-state index contributed by atoms with van der Waals surface area (Å²) in [5, 5.41) is 12.0. The van der Waals surface area contributed by atoms with Gasteiger partial charge in [0.15, 0.2) is 15.7 Å². The van der Waals surface area contributed by atoms with Gasteiger partial charge in [0.25, 0.3) is 5.91 Å². The number of thiophene rings is 1. The highest BCUT2D eigenvalue weighted by molar-refractivity contribution is 7.71. The number of ketones is 1. The summed E-state index contributed by atoms with van der Waals surface area (Å²) in [6, 6.07) is 3.29. The van der Waals surface area contributed by atoms with E-state index in [1.807, 2.05) is 12.4 Å². The number of nitrogens with one attached hydrogen (secondary N) is 2. The van der Waals surface area contributed by atoms with Crippen molar-refractivity contribution in [3.63, 3.8) is 0 Å². The van der Waals surface area contributed by atoms with E-state index in [2.05, 4.69) is 20.5 Å². The van der Waals surface area contributed by atoms with Crippen molar-refractivity contribution < 1.29 is 9.59 Å². The van der Waals surface area contributed by atoms with Crippen LogP contribution in [0.3, 0.4) is 0 Å². The fourth-order valence-electron chi connectivity index (χ4n) is 1.95. The van der Waals surface area contributed by atoms with Crippen molar-refractivity contribution in [2.75, 3.05) is 5.32 Å². The van der Waals surface area contributed by atoms with E-state index in [0.717, 1.165) is 11.5 Å². The number of aromatic nitrogens is 4. The average molecular weight is 379 g/mol. The van der Waals surface area contributed by atoms with Crippen molar-refractivity contribution in [3.8, 4) is 0 Å². The highest BCUT2D eigenvalue weighted by Gasteiger charge is 2.14. The number of nitrogens with zero attached hydrogens (tertiary/aromatic N) is 3. The third-order valence-electron chi connectivity index (χ3n) is 3.26. The maximum absolute atomic E-state index is 12.2. The fourth-order valence-corrected chi connectivity index (χ4v) is 3.61. The zero-order valence-corrected chi connectivity index (χ0v) is 15.3. The van der Waals surface area contributed by atoms with E-state index in [4.69, 9.17) is 12.2 Å². The lowest BCUT2D eigenvalue weighted by Crippen LogP contribution is -2.10. The van der Waals surface area contributed by atoms with Crippen LogP contribution < -0.4 is 5.32 Å². The molecule has 0 aliphatic carbocycles. The Morgan fingerprint density at radius 3 is 2.75 bits per heavy atom. The van der Waals surface area contributed by atoms with Gasteiger partial charge in [-0.15, -0.1) is 22.7 Å². The standard InChI is InChI=1S/C14H13N5O2S3/c1-7(20)9-3-4-10(24-9)12(21)16-13-15-8(6-23-13)5-11-17-18-14(22)19(11)2/h3-4,6H,5H2,1-2H3,(H,18,22)(H,15,16,21). The molecule has 0 radical (unpaired) electrons. The first-order valence-corrected chi connectivity index (χ1v) is 9.01. The number of carbonyl (C=O) groups excluding carboxylic acids is 2. The predicted octanol–water partition coefficient (Wildman–Crippen LogP) is 3.04. The third kappa shape index (κ3) is 3.50. The minimum atomic E-state index is -0.272. The van der Waals surface area contributed by atoms with Crippen molar-refractivity contribution in [3.05, 3.63) is 43.6 Å². The number of carbonyl (C=O) groups is 2. The monoisotopic (exact) mass is 379 g/mol. The second-order valence-corrected chi connectivity index (χ2v) is 7.33. The van der Waals surface area contributed by atoms with E-state index in [0.29, 0.717) is 26.1 Å². The van der Waals surface area contributed by atoms with Crippen LogP contribution in [0.15, 0.2) is 17.5 Å². The van der Waals surface area contributed by atoms with Crippen LogP contribution in [-0.4, -0.2) is 31.4 Å². The zero-order chi connectivity index (χ0) is 17.3. The molecule has 3 aromatic heterocycles. The number of H-pyrrole nitrogens is 1. The predicted molar refractivity (Wildman–Crippen MR) is 95.6 cm³/mol. The zero-order valence-electron chi connectivity index (χ0n) is 12.8. The molecule has 0 atom stereocenters. The molecule has 0 unspecified atom stereocenters. The Morgan fingerprint density at radius 1 is 1.38 bits per heavy atom. The second kappa shape index (κ2) is 6.75. The third-order valence-corrected chi connectivity index (χ3v) is 5.62. The number of Topliss-reactive ketones (excluding diaryl/α,β-unsaturated/α-hetero) is 1. The van der Waals surface area contributed by atoms with Gasteiger partial charge < -0.3 is 4.57 Å². The summed E-state index contributed by atoms with van der Waals surface area (Å²) < 4.78 is 2.33. The molecule has 0 aliphatic rings. The number of amides is 1. The van der Waals surface area contributed by atoms with Gasteiger partial charge in [-0.2, -0.15) is 5.10 Å². The van der Waals surface area contributed by atoms with Gasteiger partial charge in [-0.25, -0.2) is 4.98 Å². The van der Waals surface area contributed by atoms with E-state index in [1.165, 1.54) is 29.6 Å². The van der Waals surface area contributed by atoms with Crippen LogP contribution in [0, 0.1) is 4.77 Å². The van der Waals surface area contributed by atoms with Crippen LogP contribution in [0.25, 0.3) is 0 Å². The van der Waals surface area contributed by atoms with Crippen LogP contribution in [0.2, 0.25) is 0 Å². The molecule has 0 aliphatic heterocycles. The van der Waals surface area contributed by atoms with E-state index in [1.54, 1.807) is 16.7 Å². The van der Waals surface area contributed by atoms with E-state index < -0.39 is 0 Å². The molecule has 0 saturated heterocycles. The fraction of sp³-hybridized carbons (Fsp3) is 0.214. The van der Waals surface area contributed by atoms with Crippen LogP contribution in [0.1, 0.15) is 37.8 Å². The molecule has 10 heteroatoms. The normalized spacial score (nSPS) is 10.8. The molecule has 24 heavy (non-hydrogen) atoms. The van der Waals surface area contributed by atoms with Gasteiger partial charge in [-0.3, -0.25) is 20.0 Å². The molecule has 0 fully saturated rings. The molecule has 0 aromatic carbocycles. The number of hydrogen-bond acceptors (Lipinski definition) is 7. The van der Waals surface area contributed by atoms with E-state index in [9.17, 15) is 9.59 Å². The molecular weight excluding hydrogens is 366 g/mol. The highest BCUT2D eigenvalue weighted by atomic mass is 32.1. The van der Waals surface area contributed by atoms with Gasteiger partial charge in [-0.1, -0.05) is 0 Å². The van der Waals surface area contributed by atoms with Gasteiger partial charge in [0, 0.05) is 12.4 Å². The lowest BCUT2D eigenvalue weighted by molar-refractivity contribution is 0.101. The van der Waals surface area contributed by atoms with Gasteiger partial charge in [0.1, 0.15) is 5.82 Å². The largest absolute Gasteiger partial charge is 0.307 e. The van der Waals surface area contributed by atoms with Crippen LogP contribution in [0.5, 0.6) is 0 Å². The molecule has 0 bridgehead atoms. The Kier molecular flexibility index (Phi) is 4.69. The second-order valence-electron chi connectivity index (χ2n) is 5.00. The quantitative estimate of drug-likeness (QED) is 0.525. The summed E-state index contributed by atoms with van der Waals surface area (Å²) in [5.74, 6) is 0.447. The molecule has 1 amide bonds. The van der Waals surface area contributed by atoms with Crippen LogP contribution in [-0.2, 0) is 13.5 Å². The summed E-state index contributed by atoms with van der Waals surface area (Å²) in [4.78, 5) is 28.9. The lowest BCUT2D eigenvalue weighted by Gasteiger charge is -1.99. The molecule has 3 heterocycles. The Morgan fingerprint density at radius 2 is 2.12 bits per heavy atom. The smallest absolute Gasteiger partial charge is 0.267 e. The van der Waals surface area contributed by atoms with Crippen LogP contribution >= 0.6 is 34.9 Å². The van der Waals surface area contributed by atoms with Crippen molar-refractivity contribution in [2.45, 2.75) is 13.3 Å². The minimum absolute atomic E-state index is 0.0523. The summed E-state index contributed by atoms with van der Waals surface area (Å²) >= 11 is 7.58. The van der Waals surface area contributed by atoms with E-state index in [-0.39, 0.29) is 11.7 Å². The topological polar surface area (TPSA) is 92.7 Å². The van der Waals surface area contributed by atoms with Gasteiger partial charge in [0.05, 0.1) is 21.9 Å². The minimum Gasteiger partial charge on any atom is -0.307 e. The maximum atomic E-state index is 12.2. The van der Waals surface area contributed by atoms with Gasteiger partial charge in [-0.05, 0) is 31.3 Å². The first kappa shape index (κ1) is 16.7. The molecule has 3 rings (SSSR count). The Bertz CT molecular complexity index is 965. The molecular formula is C14H13N5O2S3. The van der Waals surface area contributed by atoms with Crippen molar-refractivity contribution in [1.82, 2.24) is 19.7 Å².